The van der Waals surface area contributed by atoms with E-state index in [-0.39, 0.29) is 30.4 Å². The minimum absolute atomic E-state index is 0.00477. The van der Waals surface area contributed by atoms with Crippen LogP contribution in [0.25, 0.3) is 0 Å². The van der Waals surface area contributed by atoms with E-state index in [1.165, 1.54) is 0 Å². The third-order valence-corrected chi connectivity index (χ3v) is 4.49. The molecule has 2 unspecified atom stereocenters. The van der Waals surface area contributed by atoms with Gasteiger partial charge in [-0.2, -0.15) is 11.8 Å². The fourth-order valence-corrected chi connectivity index (χ4v) is 2.95. The van der Waals surface area contributed by atoms with Crippen LogP contribution in [-0.2, 0) is 9.59 Å². The fourth-order valence-electron chi connectivity index (χ4n) is 2.19. The molecule has 2 atom stereocenters. The van der Waals surface area contributed by atoms with Crippen LogP contribution in [0.3, 0.4) is 0 Å². The summed E-state index contributed by atoms with van der Waals surface area (Å²) < 4.78 is 0. The maximum Gasteiger partial charge on any atom is 0.246 e. The molecule has 0 radical (unpaired) electrons. The van der Waals surface area contributed by atoms with Crippen molar-refractivity contribution in [3.05, 3.63) is 0 Å². The molecule has 4 nitrogen and oxygen atoms in total. The van der Waals surface area contributed by atoms with Crippen LogP contribution in [0.4, 0.5) is 0 Å². The smallest absolute Gasteiger partial charge is 0.246 e. The normalized spacial score (nSPS) is 26.9. The SMILES string of the molecule is CCSCC(C)N1CC(=O)NC(C2CC2)C1=O. The first kappa shape index (κ1) is 12.7. The van der Waals surface area contributed by atoms with E-state index in [1.54, 1.807) is 4.90 Å². The molecule has 2 rings (SSSR count). The lowest BCUT2D eigenvalue weighted by molar-refractivity contribution is -0.146. The number of piperazine rings is 1. The zero-order valence-corrected chi connectivity index (χ0v) is 11.3. The average molecular weight is 256 g/mol. The second-order valence-corrected chi connectivity index (χ2v) is 6.18. The molecule has 0 aromatic rings. The van der Waals surface area contributed by atoms with Gasteiger partial charge in [0.2, 0.25) is 11.8 Å². The number of carbonyl (C=O) groups is 2. The standard InChI is InChI=1S/C12H20N2O2S/c1-3-17-7-8(2)14-6-10(15)13-11(12(14)16)9-4-5-9/h8-9,11H,3-7H2,1-2H3,(H,13,15). The van der Waals surface area contributed by atoms with E-state index in [1.807, 2.05) is 18.7 Å². The molecule has 96 valence electrons. The van der Waals surface area contributed by atoms with Crippen molar-refractivity contribution in [2.75, 3.05) is 18.1 Å². The summed E-state index contributed by atoms with van der Waals surface area (Å²) >= 11 is 1.81. The Labute approximate surface area is 106 Å². The summed E-state index contributed by atoms with van der Waals surface area (Å²) in [5, 5.41) is 2.83. The molecule has 1 saturated carbocycles. The molecule has 1 saturated heterocycles. The average Bonchev–Trinajstić information content (AvgIpc) is 3.12. The first-order chi connectivity index (χ1) is 8.13. The number of thioether (sulfide) groups is 1. The molecule has 2 amide bonds. The van der Waals surface area contributed by atoms with Gasteiger partial charge in [-0.15, -0.1) is 0 Å². The number of nitrogens with one attached hydrogen (secondary N) is 1. The van der Waals surface area contributed by atoms with Gasteiger partial charge in [-0.1, -0.05) is 6.92 Å². The number of carbonyl (C=O) groups excluding carboxylic acids is 2. The van der Waals surface area contributed by atoms with Crippen molar-refractivity contribution in [2.24, 2.45) is 5.92 Å². The third-order valence-electron chi connectivity index (χ3n) is 3.37. The third kappa shape index (κ3) is 2.94. The lowest BCUT2D eigenvalue weighted by atomic mass is 10.1. The summed E-state index contributed by atoms with van der Waals surface area (Å²) in [7, 11) is 0. The summed E-state index contributed by atoms with van der Waals surface area (Å²) in [6.45, 7) is 4.37. The maximum atomic E-state index is 12.3. The van der Waals surface area contributed by atoms with Gasteiger partial charge < -0.3 is 10.2 Å². The van der Waals surface area contributed by atoms with Crippen molar-refractivity contribution < 1.29 is 9.59 Å². The largest absolute Gasteiger partial charge is 0.342 e. The highest BCUT2D eigenvalue weighted by Crippen LogP contribution is 2.34. The number of rotatable bonds is 5. The van der Waals surface area contributed by atoms with Crippen molar-refractivity contribution >= 4 is 23.6 Å². The van der Waals surface area contributed by atoms with Gasteiger partial charge in [0.1, 0.15) is 6.04 Å². The lowest BCUT2D eigenvalue weighted by Gasteiger charge is -2.36. The summed E-state index contributed by atoms with van der Waals surface area (Å²) in [5.74, 6) is 2.46. The van der Waals surface area contributed by atoms with E-state index in [0.717, 1.165) is 24.3 Å². The van der Waals surface area contributed by atoms with Crippen LogP contribution in [0.2, 0.25) is 0 Å². The van der Waals surface area contributed by atoms with Crippen molar-refractivity contribution in [3.63, 3.8) is 0 Å². The summed E-state index contributed by atoms with van der Waals surface area (Å²) in [6, 6.07) is -0.0925. The van der Waals surface area contributed by atoms with Crippen LogP contribution in [0.1, 0.15) is 26.7 Å². The van der Waals surface area contributed by atoms with Crippen LogP contribution in [0.5, 0.6) is 0 Å². The minimum Gasteiger partial charge on any atom is -0.342 e. The van der Waals surface area contributed by atoms with Gasteiger partial charge in [-0.3, -0.25) is 9.59 Å². The monoisotopic (exact) mass is 256 g/mol. The zero-order chi connectivity index (χ0) is 12.4. The Morgan fingerprint density at radius 3 is 2.76 bits per heavy atom. The highest BCUT2D eigenvalue weighted by Gasteiger charge is 2.43. The van der Waals surface area contributed by atoms with Gasteiger partial charge in [0.05, 0.1) is 6.54 Å². The Morgan fingerprint density at radius 1 is 1.47 bits per heavy atom. The van der Waals surface area contributed by atoms with Crippen LogP contribution >= 0.6 is 11.8 Å². The Morgan fingerprint density at radius 2 is 2.18 bits per heavy atom. The predicted molar refractivity (Wildman–Crippen MR) is 68.8 cm³/mol. The molecular weight excluding hydrogens is 236 g/mol. The molecule has 0 bridgehead atoms. The molecular formula is C12H20N2O2S. The minimum atomic E-state index is -0.245. The molecule has 17 heavy (non-hydrogen) atoms. The van der Waals surface area contributed by atoms with Gasteiger partial charge >= 0.3 is 0 Å². The highest BCUT2D eigenvalue weighted by atomic mass is 32.2. The Balaban J connectivity index is 1.99. The predicted octanol–water partition coefficient (Wildman–Crippen LogP) is 0.865. The van der Waals surface area contributed by atoms with Gasteiger partial charge in [0.15, 0.2) is 0 Å². The topological polar surface area (TPSA) is 49.4 Å². The second-order valence-electron chi connectivity index (χ2n) is 4.86. The molecule has 0 aromatic carbocycles. The number of hydrogen-bond acceptors (Lipinski definition) is 3. The number of nitrogens with zero attached hydrogens (tertiary/aromatic N) is 1. The van der Waals surface area contributed by atoms with Crippen molar-refractivity contribution in [1.82, 2.24) is 10.2 Å². The number of amides is 2. The quantitative estimate of drug-likeness (QED) is 0.794. The summed E-state index contributed by atoms with van der Waals surface area (Å²) in [5.41, 5.74) is 0. The Hall–Kier alpha value is -0.710. The van der Waals surface area contributed by atoms with E-state index >= 15 is 0 Å². The highest BCUT2D eigenvalue weighted by molar-refractivity contribution is 7.99. The maximum absolute atomic E-state index is 12.3. The van der Waals surface area contributed by atoms with Gasteiger partial charge in [0.25, 0.3) is 0 Å². The van der Waals surface area contributed by atoms with Gasteiger partial charge in [-0.25, -0.2) is 0 Å². The van der Waals surface area contributed by atoms with Gasteiger partial charge in [-0.05, 0) is 31.4 Å². The fraction of sp³-hybridized carbons (Fsp3) is 0.833. The van der Waals surface area contributed by atoms with Crippen molar-refractivity contribution in [3.8, 4) is 0 Å². The summed E-state index contributed by atoms with van der Waals surface area (Å²) in [4.78, 5) is 25.6. The zero-order valence-electron chi connectivity index (χ0n) is 10.4. The van der Waals surface area contributed by atoms with Crippen LogP contribution in [0, 0.1) is 5.92 Å². The van der Waals surface area contributed by atoms with Crippen LogP contribution in [0.15, 0.2) is 0 Å². The van der Waals surface area contributed by atoms with E-state index in [9.17, 15) is 9.59 Å². The van der Waals surface area contributed by atoms with Crippen LogP contribution < -0.4 is 5.32 Å². The Kier molecular flexibility index (Phi) is 3.97. The summed E-state index contributed by atoms with van der Waals surface area (Å²) in [6.07, 6.45) is 2.14. The molecule has 5 heteroatoms. The molecule has 0 aromatic heterocycles. The van der Waals surface area contributed by atoms with Crippen molar-refractivity contribution in [1.29, 1.82) is 0 Å². The first-order valence-electron chi connectivity index (χ1n) is 6.31. The molecule has 1 heterocycles. The molecule has 1 N–H and O–H groups in total. The van der Waals surface area contributed by atoms with E-state index in [0.29, 0.717) is 5.92 Å². The van der Waals surface area contributed by atoms with Gasteiger partial charge in [0, 0.05) is 11.8 Å². The first-order valence-corrected chi connectivity index (χ1v) is 7.46. The van der Waals surface area contributed by atoms with E-state index in [2.05, 4.69) is 12.2 Å². The van der Waals surface area contributed by atoms with Crippen molar-refractivity contribution in [2.45, 2.75) is 38.8 Å². The molecule has 2 aliphatic rings. The molecule has 2 fully saturated rings. The molecule has 1 aliphatic carbocycles. The second kappa shape index (κ2) is 5.29. The lowest BCUT2D eigenvalue weighted by Crippen LogP contribution is -2.61. The van der Waals surface area contributed by atoms with E-state index in [4.69, 9.17) is 0 Å². The number of hydrogen-bond donors (Lipinski definition) is 1. The van der Waals surface area contributed by atoms with E-state index < -0.39 is 0 Å². The molecule has 0 spiro atoms. The Bertz CT molecular complexity index is 318. The molecule has 1 aliphatic heterocycles. The van der Waals surface area contributed by atoms with Crippen LogP contribution in [-0.4, -0.2) is 46.8 Å².